The number of alkyl halides is 3. The summed E-state index contributed by atoms with van der Waals surface area (Å²) in [5.41, 5.74) is -1.09. The molecule has 1 aliphatic rings. The first-order valence-electron chi connectivity index (χ1n) is 7.00. The van der Waals surface area contributed by atoms with Gasteiger partial charge in [0.25, 0.3) is 0 Å². The molecule has 2 nitrogen and oxygen atoms in total. The number of halogens is 3. The van der Waals surface area contributed by atoms with Crippen molar-refractivity contribution < 1.29 is 23.2 Å². The molecule has 2 N–H and O–H groups in total. The van der Waals surface area contributed by atoms with Crippen molar-refractivity contribution in [3.05, 3.63) is 35.4 Å². The van der Waals surface area contributed by atoms with Gasteiger partial charge in [0, 0.05) is 5.75 Å². The van der Waals surface area contributed by atoms with Crippen LogP contribution in [0.4, 0.5) is 13.2 Å². The molecule has 0 saturated carbocycles. The Balaban J connectivity index is 2.28. The zero-order chi connectivity index (χ0) is 15.7. The Kier molecular flexibility index (Phi) is 4.90. The fourth-order valence-corrected chi connectivity index (χ4v) is 4.14. The molecule has 0 aliphatic carbocycles. The monoisotopic (exact) mass is 320 g/mol. The summed E-state index contributed by atoms with van der Waals surface area (Å²) >= 11 is 1.80. The van der Waals surface area contributed by atoms with Crippen LogP contribution in [0.25, 0.3) is 0 Å². The molecule has 1 fully saturated rings. The van der Waals surface area contributed by atoms with E-state index in [2.05, 4.69) is 0 Å². The van der Waals surface area contributed by atoms with Gasteiger partial charge in [0.2, 0.25) is 0 Å². The van der Waals surface area contributed by atoms with Crippen molar-refractivity contribution in [2.75, 3.05) is 32.1 Å². The topological polar surface area (TPSA) is 24.7 Å². The number of nitrogens with one attached hydrogen (secondary N) is 1. The number of rotatable bonds is 3. The van der Waals surface area contributed by atoms with E-state index >= 15 is 0 Å². The Bertz CT molecular complexity index is 475. The normalized spacial score (nSPS) is 27.1. The van der Waals surface area contributed by atoms with E-state index in [9.17, 15) is 18.3 Å². The van der Waals surface area contributed by atoms with E-state index in [0.717, 1.165) is 30.2 Å². The highest BCUT2D eigenvalue weighted by atomic mass is 32.2. The second-order valence-corrected chi connectivity index (χ2v) is 7.08. The smallest absolute Gasteiger partial charge is 0.385 e. The van der Waals surface area contributed by atoms with Crippen LogP contribution in [-0.4, -0.2) is 37.3 Å². The van der Waals surface area contributed by atoms with Crippen LogP contribution in [0, 0.1) is 5.92 Å². The van der Waals surface area contributed by atoms with E-state index in [1.165, 1.54) is 17.0 Å². The summed E-state index contributed by atoms with van der Waals surface area (Å²) in [6, 6.07) is 4.98. The lowest BCUT2D eigenvalue weighted by Gasteiger charge is -2.40. The first kappa shape index (κ1) is 16.6. The van der Waals surface area contributed by atoms with Crippen molar-refractivity contribution in [2.24, 2.45) is 5.92 Å². The lowest BCUT2D eigenvalue weighted by Crippen LogP contribution is -3.07. The average molecular weight is 320 g/mol. The summed E-state index contributed by atoms with van der Waals surface area (Å²) < 4.78 is 37.9. The number of benzene rings is 1. The highest BCUT2D eigenvalue weighted by Crippen LogP contribution is 2.40. The minimum absolute atomic E-state index is 0.0537. The van der Waals surface area contributed by atoms with Crippen molar-refractivity contribution in [3.63, 3.8) is 0 Å². The third-order valence-electron chi connectivity index (χ3n) is 3.99. The number of aliphatic hydroxyl groups is 1. The van der Waals surface area contributed by atoms with E-state index in [-0.39, 0.29) is 5.92 Å². The quantitative estimate of drug-likeness (QED) is 0.888. The van der Waals surface area contributed by atoms with Crippen molar-refractivity contribution >= 4 is 11.8 Å². The molecule has 1 aromatic rings. The van der Waals surface area contributed by atoms with Crippen LogP contribution in [-0.2, 0) is 11.8 Å². The standard InChI is InChI=1S/C15H20F3NOS/c1-19(2)9-13-10-21-8-7-14(13,20)11-3-5-12(6-4-11)15(16,17)18/h3-6,13,20H,7-10H2,1-2H3/p+1/t13-,14+/m1/s1. The van der Waals surface area contributed by atoms with Crippen molar-refractivity contribution in [1.29, 1.82) is 0 Å². The maximum absolute atomic E-state index is 12.6. The molecule has 1 heterocycles. The maximum atomic E-state index is 12.6. The molecule has 0 spiro atoms. The number of hydrogen-bond acceptors (Lipinski definition) is 2. The lowest BCUT2D eigenvalue weighted by atomic mass is 9.79. The third kappa shape index (κ3) is 3.73. The SMILES string of the molecule is C[NH+](C)C[C@@H]1CSCC[C@]1(O)c1ccc(C(F)(F)F)cc1. The first-order chi connectivity index (χ1) is 9.73. The van der Waals surface area contributed by atoms with Crippen molar-refractivity contribution in [2.45, 2.75) is 18.2 Å². The van der Waals surface area contributed by atoms with Gasteiger partial charge < -0.3 is 10.0 Å². The Morgan fingerprint density at radius 1 is 1.29 bits per heavy atom. The molecule has 1 aliphatic heterocycles. The van der Waals surface area contributed by atoms with Crippen molar-refractivity contribution in [1.82, 2.24) is 0 Å². The predicted molar refractivity (Wildman–Crippen MR) is 78.5 cm³/mol. The van der Waals surface area contributed by atoms with Gasteiger partial charge in [-0.2, -0.15) is 24.9 Å². The van der Waals surface area contributed by atoms with Gasteiger partial charge in [-0.3, -0.25) is 0 Å². The molecule has 0 radical (unpaired) electrons. The molecule has 0 amide bonds. The van der Waals surface area contributed by atoms with E-state index in [4.69, 9.17) is 0 Å². The van der Waals surface area contributed by atoms with Crippen molar-refractivity contribution in [3.8, 4) is 0 Å². The number of hydrogen-bond donors (Lipinski definition) is 2. The second kappa shape index (κ2) is 6.18. The minimum atomic E-state index is -4.34. The molecule has 0 aromatic heterocycles. The molecule has 2 atom stereocenters. The van der Waals surface area contributed by atoms with Gasteiger partial charge in [0.05, 0.1) is 37.7 Å². The Morgan fingerprint density at radius 3 is 2.43 bits per heavy atom. The fourth-order valence-electron chi connectivity index (χ4n) is 2.84. The molecule has 0 bridgehead atoms. The number of thioether (sulfide) groups is 1. The van der Waals surface area contributed by atoms with E-state index in [0.29, 0.717) is 12.0 Å². The van der Waals surface area contributed by atoms with Gasteiger partial charge in [-0.1, -0.05) is 12.1 Å². The van der Waals surface area contributed by atoms with E-state index in [1.807, 2.05) is 14.1 Å². The molecular formula is C15H21F3NOS+. The molecule has 1 saturated heterocycles. The Labute approximate surface area is 127 Å². The van der Waals surface area contributed by atoms with Gasteiger partial charge in [-0.05, 0) is 29.9 Å². The predicted octanol–water partition coefficient (Wildman–Crippen LogP) is 1.79. The summed E-state index contributed by atoms with van der Waals surface area (Å²) in [6.45, 7) is 0.796. The summed E-state index contributed by atoms with van der Waals surface area (Å²) in [5, 5.41) is 11.0. The number of quaternary nitrogens is 1. The van der Waals surface area contributed by atoms with Crippen LogP contribution < -0.4 is 4.90 Å². The molecule has 1 aromatic carbocycles. The second-order valence-electron chi connectivity index (χ2n) is 5.93. The molecule has 6 heteroatoms. The Morgan fingerprint density at radius 2 is 1.90 bits per heavy atom. The van der Waals surface area contributed by atoms with Gasteiger partial charge in [0.15, 0.2) is 0 Å². The fraction of sp³-hybridized carbons (Fsp3) is 0.600. The largest absolute Gasteiger partial charge is 0.416 e. The molecular weight excluding hydrogens is 299 g/mol. The van der Waals surface area contributed by atoms with Gasteiger partial charge in [0.1, 0.15) is 0 Å². The van der Waals surface area contributed by atoms with E-state index in [1.54, 1.807) is 11.8 Å². The maximum Gasteiger partial charge on any atom is 0.416 e. The summed E-state index contributed by atoms with van der Waals surface area (Å²) in [5.74, 6) is 1.72. The van der Waals surface area contributed by atoms with E-state index < -0.39 is 17.3 Å². The lowest BCUT2D eigenvalue weighted by molar-refractivity contribution is -0.863. The molecule has 118 valence electrons. The van der Waals surface area contributed by atoms with Crippen LogP contribution in [0.3, 0.4) is 0 Å². The minimum Gasteiger partial charge on any atom is -0.385 e. The van der Waals surface area contributed by atoms with Gasteiger partial charge >= 0.3 is 6.18 Å². The first-order valence-corrected chi connectivity index (χ1v) is 8.16. The van der Waals surface area contributed by atoms with Crippen LogP contribution in [0.2, 0.25) is 0 Å². The average Bonchev–Trinajstić information content (AvgIpc) is 2.40. The molecule has 2 rings (SSSR count). The van der Waals surface area contributed by atoms with Gasteiger partial charge in [-0.25, -0.2) is 0 Å². The zero-order valence-electron chi connectivity index (χ0n) is 12.2. The zero-order valence-corrected chi connectivity index (χ0v) is 13.0. The van der Waals surface area contributed by atoms with Crippen LogP contribution in [0.1, 0.15) is 17.5 Å². The van der Waals surface area contributed by atoms with Gasteiger partial charge in [-0.15, -0.1) is 0 Å². The summed E-state index contributed by atoms with van der Waals surface area (Å²) in [7, 11) is 4.04. The highest BCUT2D eigenvalue weighted by Gasteiger charge is 2.42. The summed E-state index contributed by atoms with van der Waals surface area (Å²) in [4.78, 5) is 1.23. The Hall–Kier alpha value is -0.720. The third-order valence-corrected chi connectivity index (χ3v) is 5.12. The molecule has 0 unspecified atom stereocenters. The highest BCUT2D eigenvalue weighted by molar-refractivity contribution is 7.99. The summed E-state index contributed by atoms with van der Waals surface area (Å²) in [6.07, 6.45) is -3.75. The van der Waals surface area contributed by atoms with Crippen LogP contribution >= 0.6 is 11.8 Å². The molecule has 21 heavy (non-hydrogen) atoms. The van der Waals surface area contributed by atoms with Crippen LogP contribution in [0.15, 0.2) is 24.3 Å². The van der Waals surface area contributed by atoms with Crippen LogP contribution in [0.5, 0.6) is 0 Å².